The van der Waals surface area contributed by atoms with Gasteiger partial charge in [0.15, 0.2) is 0 Å². The zero-order valence-electron chi connectivity index (χ0n) is 6.99. The van der Waals surface area contributed by atoms with Crippen LogP contribution in [0.5, 0.6) is 0 Å². The van der Waals surface area contributed by atoms with Gasteiger partial charge in [0.2, 0.25) is 0 Å². The quantitative estimate of drug-likeness (QED) is 0.674. The van der Waals surface area contributed by atoms with Crippen molar-refractivity contribution < 1.29 is 4.74 Å². The lowest BCUT2D eigenvalue weighted by Gasteiger charge is -2.23. The van der Waals surface area contributed by atoms with Gasteiger partial charge >= 0.3 is 0 Å². The van der Waals surface area contributed by atoms with E-state index in [2.05, 4.69) is 29.6 Å². The van der Waals surface area contributed by atoms with Gasteiger partial charge in [-0.2, -0.15) is 0 Å². The Morgan fingerprint density at radius 3 is 2.75 bits per heavy atom. The molecule has 12 heavy (non-hydrogen) atoms. The van der Waals surface area contributed by atoms with E-state index in [1.54, 1.807) is 0 Å². The topological polar surface area (TPSA) is 21.3 Å². The van der Waals surface area contributed by atoms with E-state index in [-0.39, 0.29) is 0 Å². The summed E-state index contributed by atoms with van der Waals surface area (Å²) in [6, 6.07) is 10.8. The molecule has 64 valence electrons. The van der Waals surface area contributed by atoms with Crippen LogP contribution in [0.4, 0.5) is 0 Å². The third-order valence-electron chi connectivity index (χ3n) is 2.12. The molecule has 0 amide bonds. The molecular formula is C10H13NO. The van der Waals surface area contributed by atoms with Crippen molar-refractivity contribution in [1.82, 2.24) is 5.32 Å². The maximum absolute atomic E-state index is 5.37. The van der Waals surface area contributed by atoms with E-state index >= 15 is 0 Å². The van der Waals surface area contributed by atoms with E-state index in [4.69, 9.17) is 4.74 Å². The van der Waals surface area contributed by atoms with Crippen LogP contribution < -0.4 is 5.32 Å². The summed E-state index contributed by atoms with van der Waals surface area (Å²) in [6.45, 7) is 2.59. The Balaban J connectivity index is 2.08. The standard InChI is InChI=1S/C10H13NO/c1-2-4-9(5-3-1)10-8-12-7-6-11-10/h1-5,10-11H,6-8H2. The van der Waals surface area contributed by atoms with Crippen LogP contribution in [0.2, 0.25) is 0 Å². The molecule has 2 nitrogen and oxygen atoms in total. The van der Waals surface area contributed by atoms with Gasteiger partial charge in [0.1, 0.15) is 0 Å². The van der Waals surface area contributed by atoms with Gasteiger partial charge in [-0.25, -0.2) is 0 Å². The summed E-state index contributed by atoms with van der Waals surface area (Å²) in [4.78, 5) is 0. The van der Waals surface area contributed by atoms with Crippen LogP contribution in [-0.2, 0) is 4.74 Å². The third kappa shape index (κ3) is 1.65. The first kappa shape index (κ1) is 7.77. The lowest BCUT2D eigenvalue weighted by atomic mass is 10.1. The highest BCUT2D eigenvalue weighted by atomic mass is 16.5. The van der Waals surface area contributed by atoms with Crippen LogP contribution in [0.3, 0.4) is 0 Å². The first-order chi connectivity index (χ1) is 5.97. The molecule has 0 saturated carbocycles. The molecule has 1 fully saturated rings. The van der Waals surface area contributed by atoms with Crippen molar-refractivity contribution in [2.75, 3.05) is 19.8 Å². The van der Waals surface area contributed by atoms with Crippen molar-refractivity contribution in [2.45, 2.75) is 6.04 Å². The molecule has 2 rings (SSSR count). The molecule has 2 heteroatoms. The predicted molar refractivity (Wildman–Crippen MR) is 48.0 cm³/mol. The van der Waals surface area contributed by atoms with Crippen molar-refractivity contribution >= 4 is 0 Å². The van der Waals surface area contributed by atoms with Crippen LogP contribution >= 0.6 is 0 Å². The Labute approximate surface area is 72.5 Å². The van der Waals surface area contributed by atoms with E-state index in [0.717, 1.165) is 19.8 Å². The van der Waals surface area contributed by atoms with Gasteiger partial charge in [0.25, 0.3) is 0 Å². The first-order valence-electron chi connectivity index (χ1n) is 4.33. The molecular weight excluding hydrogens is 150 g/mol. The fraction of sp³-hybridized carbons (Fsp3) is 0.400. The molecule has 1 N–H and O–H groups in total. The fourth-order valence-electron chi connectivity index (χ4n) is 1.46. The monoisotopic (exact) mass is 163 g/mol. The molecule has 1 aliphatic heterocycles. The molecule has 1 unspecified atom stereocenters. The Morgan fingerprint density at radius 2 is 2.08 bits per heavy atom. The van der Waals surface area contributed by atoms with Crippen molar-refractivity contribution in [2.24, 2.45) is 0 Å². The van der Waals surface area contributed by atoms with Gasteiger partial charge in [-0.3, -0.25) is 0 Å². The van der Waals surface area contributed by atoms with Gasteiger partial charge < -0.3 is 10.1 Å². The number of rotatable bonds is 1. The summed E-state index contributed by atoms with van der Waals surface area (Å²) in [5.41, 5.74) is 1.32. The normalized spacial score (nSPS) is 23.8. The molecule has 1 aromatic rings. The van der Waals surface area contributed by atoms with E-state index in [0.29, 0.717) is 6.04 Å². The number of hydrogen-bond acceptors (Lipinski definition) is 2. The highest BCUT2D eigenvalue weighted by Crippen LogP contribution is 2.14. The number of benzene rings is 1. The van der Waals surface area contributed by atoms with Crippen LogP contribution in [-0.4, -0.2) is 19.8 Å². The van der Waals surface area contributed by atoms with E-state index in [1.165, 1.54) is 5.56 Å². The number of ether oxygens (including phenoxy) is 1. The molecule has 0 radical (unpaired) electrons. The molecule has 1 heterocycles. The van der Waals surface area contributed by atoms with Crippen molar-refractivity contribution in [3.05, 3.63) is 35.9 Å². The first-order valence-corrected chi connectivity index (χ1v) is 4.33. The van der Waals surface area contributed by atoms with Crippen LogP contribution in [0, 0.1) is 0 Å². The number of morpholine rings is 1. The average Bonchev–Trinajstić information content (AvgIpc) is 2.21. The Morgan fingerprint density at radius 1 is 1.25 bits per heavy atom. The molecule has 1 saturated heterocycles. The van der Waals surface area contributed by atoms with E-state index in [9.17, 15) is 0 Å². The average molecular weight is 163 g/mol. The SMILES string of the molecule is c1ccc(C2COCCN2)cc1. The zero-order chi connectivity index (χ0) is 8.23. The van der Waals surface area contributed by atoms with Crippen LogP contribution in [0.25, 0.3) is 0 Å². The van der Waals surface area contributed by atoms with E-state index < -0.39 is 0 Å². The Kier molecular flexibility index (Phi) is 2.39. The third-order valence-corrected chi connectivity index (χ3v) is 2.12. The van der Waals surface area contributed by atoms with Crippen LogP contribution in [0.15, 0.2) is 30.3 Å². The Hall–Kier alpha value is -0.860. The highest BCUT2D eigenvalue weighted by molar-refractivity contribution is 5.19. The van der Waals surface area contributed by atoms with Crippen molar-refractivity contribution in [3.8, 4) is 0 Å². The van der Waals surface area contributed by atoms with Gasteiger partial charge in [-0.1, -0.05) is 30.3 Å². The fourth-order valence-corrected chi connectivity index (χ4v) is 1.46. The second kappa shape index (κ2) is 3.70. The highest BCUT2D eigenvalue weighted by Gasteiger charge is 2.13. The lowest BCUT2D eigenvalue weighted by molar-refractivity contribution is 0.0769. The van der Waals surface area contributed by atoms with Gasteiger partial charge in [-0.15, -0.1) is 0 Å². The molecule has 0 spiro atoms. The second-order valence-corrected chi connectivity index (χ2v) is 2.99. The summed E-state index contributed by atoms with van der Waals surface area (Å²) in [6.07, 6.45) is 0. The molecule has 1 aliphatic rings. The summed E-state index contributed by atoms with van der Waals surface area (Å²) < 4.78 is 5.37. The molecule has 0 aromatic heterocycles. The van der Waals surface area contributed by atoms with Crippen molar-refractivity contribution in [1.29, 1.82) is 0 Å². The number of hydrogen-bond donors (Lipinski definition) is 1. The predicted octanol–water partition coefficient (Wildman–Crippen LogP) is 1.35. The minimum Gasteiger partial charge on any atom is -0.378 e. The number of nitrogens with one attached hydrogen (secondary N) is 1. The molecule has 1 atom stereocenters. The van der Waals surface area contributed by atoms with Gasteiger partial charge in [0, 0.05) is 6.54 Å². The summed E-state index contributed by atoms with van der Waals surface area (Å²) in [5.74, 6) is 0. The Bertz CT molecular complexity index is 229. The van der Waals surface area contributed by atoms with Gasteiger partial charge in [0.05, 0.1) is 19.3 Å². The summed E-state index contributed by atoms with van der Waals surface area (Å²) in [5, 5.41) is 3.41. The van der Waals surface area contributed by atoms with E-state index in [1.807, 2.05) is 6.07 Å². The minimum absolute atomic E-state index is 0.389. The molecule has 1 aromatic carbocycles. The van der Waals surface area contributed by atoms with Gasteiger partial charge in [-0.05, 0) is 5.56 Å². The summed E-state index contributed by atoms with van der Waals surface area (Å²) in [7, 11) is 0. The second-order valence-electron chi connectivity index (χ2n) is 2.99. The maximum atomic E-state index is 5.37. The zero-order valence-corrected chi connectivity index (χ0v) is 6.99. The van der Waals surface area contributed by atoms with Crippen molar-refractivity contribution in [3.63, 3.8) is 0 Å². The maximum Gasteiger partial charge on any atom is 0.0662 e. The van der Waals surface area contributed by atoms with Crippen LogP contribution in [0.1, 0.15) is 11.6 Å². The lowest BCUT2D eigenvalue weighted by Crippen LogP contribution is -2.34. The molecule has 0 bridgehead atoms. The molecule has 0 aliphatic carbocycles. The minimum atomic E-state index is 0.389. The largest absolute Gasteiger partial charge is 0.378 e. The smallest absolute Gasteiger partial charge is 0.0662 e. The summed E-state index contributed by atoms with van der Waals surface area (Å²) >= 11 is 0.